The second kappa shape index (κ2) is 5.26. The van der Waals surface area contributed by atoms with Crippen LogP contribution in [0.1, 0.15) is 35.7 Å². The number of piperazine rings is 1. The third-order valence-electron chi connectivity index (χ3n) is 4.52. The Kier molecular flexibility index (Phi) is 3.45. The van der Waals surface area contributed by atoms with Gasteiger partial charge in [0.2, 0.25) is 0 Å². The van der Waals surface area contributed by atoms with E-state index in [-0.39, 0.29) is 0 Å². The van der Waals surface area contributed by atoms with Crippen molar-refractivity contribution >= 4 is 12.0 Å². The molecular weight excluding hydrogens is 250 g/mol. The second-order valence-electron chi connectivity index (χ2n) is 5.80. The SMILES string of the molecule is CC1CN2CCCC2CN1c1ccc(C=O)cc1C#N. The normalized spacial score (nSPS) is 26.1. The van der Waals surface area contributed by atoms with E-state index in [0.717, 1.165) is 25.1 Å². The maximum absolute atomic E-state index is 10.8. The largest absolute Gasteiger partial charge is 0.365 e. The van der Waals surface area contributed by atoms with Gasteiger partial charge in [-0.05, 0) is 44.5 Å². The number of carbonyl (C=O) groups is 1. The highest BCUT2D eigenvalue weighted by atomic mass is 16.1. The smallest absolute Gasteiger partial charge is 0.150 e. The number of aldehydes is 1. The molecule has 0 radical (unpaired) electrons. The number of rotatable bonds is 2. The van der Waals surface area contributed by atoms with Gasteiger partial charge in [-0.1, -0.05) is 0 Å². The molecule has 2 saturated heterocycles. The zero-order valence-corrected chi connectivity index (χ0v) is 11.7. The Morgan fingerprint density at radius 1 is 1.40 bits per heavy atom. The third kappa shape index (κ3) is 2.19. The first-order chi connectivity index (χ1) is 9.72. The molecule has 1 aromatic rings. The fourth-order valence-corrected chi connectivity index (χ4v) is 3.49. The fourth-order valence-electron chi connectivity index (χ4n) is 3.49. The number of hydrogen-bond acceptors (Lipinski definition) is 4. The summed E-state index contributed by atoms with van der Waals surface area (Å²) in [5.41, 5.74) is 2.14. The molecule has 2 aliphatic rings. The van der Waals surface area contributed by atoms with Crippen LogP contribution in [0.5, 0.6) is 0 Å². The zero-order valence-electron chi connectivity index (χ0n) is 11.7. The number of anilines is 1. The summed E-state index contributed by atoms with van der Waals surface area (Å²) < 4.78 is 0. The lowest BCUT2D eigenvalue weighted by Crippen LogP contribution is -2.55. The Morgan fingerprint density at radius 2 is 2.25 bits per heavy atom. The Balaban J connectivity index is 1.92. The minimum atomic E-state index is 0.401. The van der Waals surface area contributed by atoms with Crippen LogP contribution in [0.15, 0.2) is 18.2 Å². The molecule has 2 aliphatic heterocycles. The van der Waals surface area contributed by atoms with Crippen molar-refractivity contribution in [3.05, 3.63) is 29.3 Å². The van der Waals surface area contributed by atoms with E-state index in [1.807, 2.05) is 6.07 Å². The molecule has 2 unspecified atom stereocenters. The number of hydrogen-bond donors (Lipinski definition) is 0. The van der Waals surface area contributed by atoms with Crippen LogP contribution in [-0.4, -0.2) is 42.9 Å². The topological polar surface area (TPSA) is 47.3 Å². The van der Waals surface area contributed by atoms with Crippen molar-refractivity contribution in [3.8, 4) is 6.07 Å². The van der Waals surface area contributed by atoms with Crippen LogP contribution in [0.2, 0.25) is 0 Å². The van der Waals surface area contributed by atoms with Crippen LogP contribution in [-0.2, 0) is 0 Å². The summed E-state index contributed by atoms with van der Waals surface area (Å²) in [6.07, 6.45) is 3.32. The van der Waals surface area contributed by atoms with Gasteiger partial charge in [0.1, 0.15) is 12.4 Å². The van der Waals surface area contributed by atoms with E-state index in [1.54, 1.807) is 12.1 Å². The molecule has 0 saturated carbocycles. The summed E-state index contributed by atoms with van der Waals surface area (Å²) in [7, 11) is 0. The van der Waals surface area contributed by atoms with Gasteiger partial charge in [-0.15, -0.1) is 0 Å². The predicted molar refractivity (Wildman–Crippen MR) is 77.9 cm³/mol. The molecule has 0 amide bonds. The maximum atomic E-state index is 10.8. The number of fused-ring (bicyclic) bond motifs is 1. The molecule has 20 heavy (non-hydrogen) atoms. The molecule has 1 aromatic carbocycles. The van der Waals surface area contributed by atoms with Crippen LogP contribution in [0.25, 0.3) is 0 Å². The Labute approximate surface area is 119 Å². The van der Waals surface area contributed by atoms with Crippen molar-refractivity contribution < 1.29 is 4.79 Å². The summed E-state index contributed by atoms with van der Waals surface area (Å²) in [6, 6.07) is 8.66. The first-order valence-corrected chi connectivity index (χ1v) is 7.23. The van der Waals surface area contributed by atoms with Crippen LogP contribution >= 0.6 is 0 Å². The average Bonchev–Trinajstić information content (AvgIpc) is 2.92. The molecule has 0 N–H and O–H groups in total. The van der Waals surface area contributed by atoms with Gasteiger partial charge in [-0.25, -0.2) is 0 Å². The summed E-state index contributed by atoms with van der Waals surface area (Å²) in [4.78, 5) is 15.7. The molecule has 2 fully saturated rings. The monoisotopic (exact) mass is 269 g/mol. The number of benzene rings is 1. The molecule has 4 heteroatoms. The molecule has 0 spiro atoms. The van der Waals surface area contributed by atoms with Crippen molar-refractivity contribution in [2.24, 2.45) is 0 Å². The van der Waals surface area contributed by atoms with Gasteiger partial charge < -0.3 is 4.90 Å². The first-order valence-electron chi connectivity index (χ1n) is 7.23. The Bertz CT molecular complexity index is 563. The zero-order chi connectivity index (χ0) is 14.1. The van der Waals surface area contributed by atoms with E-state index >= 15 is 0 Å². The van der Waals surface area contributed by atoms with Gasteiger partial charge in [0, 0.05) is 30.7 Å². The van der Waals surface area contributed by atoms with E-state index in [2.05, 4.69) is 22.8 Å². The quantitative estimate of drug-likeness (QED) is 0.771. The number of nitrogens with zero attached hydrogens (tertiary/aromatic N) is 3. The highest BCUT2D eigenvalue weighted by Crippen LogP contribution is 2.30. The van der Waals surface area contributed by atoms with Gasteiger partial charge in [-0.3, -0.25) is 9.69 Å². The summed E-state index contributed by atoms with van der Waals surface area (Å²) in [5, 5.41) is 9.34. The van der Waals surface area contributed by atoms with Gasteiger partial charge in [0.25, 0.3) is 0 Å². The third-order valence-corrected chi connectivity index (χ3v) is 4.52. The van der Waals surface area contributed by atoms with Crippen molar-refractivity contribution in [1.82, 2.24) is 4.90 Å². The molecule has 0 aliphatic carbocycles. The lowest BCUT2D eigenvalue weighted by molar-refractivity contribution is 0.112. The first kappa shape index (κ1) is 13.1. The minimum Gasteiger partial charge on any atom is -0.365 e. The molecule has 2 heterocycles. The molecule has 0 bridgehead atoms. The Hall–Kier alpha value is -1.86. The second-order valence-corrected chi connectivity index (χ2v) is 5.80. The van der Waals surface area contributed by atoms with Crippen molar-refractivity contribution in [1.29, 1.82) is 5.26 Å². The lowest BCUT2D eigenvalue weighted by Gasteiger charge is -2.44. The summed E-state index contributed by atoms with van der Waals surface area (Å²) in [6.45, 7) is 5.46. The van der Waals surface area contributed by atoms with Crippen molar-refractivity contribution in [2.45, 2.75) is 31.8 Å². The molecular formula is C16H19N3O. The van der Waals surface area contributed by atoms with Crippen LogP contribution < -0.4 is 4.90 Å². The van der Waals surface area contributed by atoms with Gasteiger partial charge in [0.15, 0.2) is 0 Å². The van der Waals surface area contributed by atoms with Gasteiger partial charge in [-0.2, -0.15) is 5.26 Å². The highest BCUT2D eigenvalue weighted by molar-refractivity contribution is 5.78. The van der Waals surface area contributed by atoms with E-state index in [0.29, 0.717) is 23.2 Å². The highest BCUT2D eigenvalue weighted by Gasteiger charge is 2.35. The predicted octanol–water partition coefficient (Wildman–Crippen LogP) is 2.04. The number of nitriles is 1. The van der Waals surface area contributed by atoms with Crippen LogP contribution in [0.4, 0.5) is 5.69 Å². The van der Waals surface area contributed by atoms with Crippen molar-refractivity contribution in [2.75, 3.05) is 24.5 Å². The fraction of sp³-hybridized carbons (Fsp3) is 0.500. The molecule has 4 nitrogen and oxygen atoms in total. The van der Waals surface area contributed by atoms with E-state index < -0.39 is 0 Å². The summed E-state index contributed by atoms with van der Waals surface area (Å²) in [5.74, 6) is 0. The molecule has 3 rings (SSSR count). The average molecular weight is 269 g/mol. The van der Waals surface area contributed by atoms with Crippen LogP contribution in [0, 0.1) is 11.3 Å². The van der Waals surface area contributed by atoms with E-state index in [9.17, 15) is 10.1 Å². The van der Waals surface area contributed by atoms with Gasteiger partial charge in [0.05, 0.1) is 11.3 Å². The summed E-state index contributed by atoms with van der Waals surface area (Å²) >= 11 is 0. The van der Waals surface area contributed by atoms with Crippen molar-refractivity contribution in [3.63, 3.8) is 0 Å². The molecule has 104 valence electrons. The molecule has 0 aromatic heterocycles. The standard InChI is InChI=1S/C16H19N3O/c1-12-9-18-6-2-3-15(18)10-19(12)16-5-4-13(11-20)7-14(16)8-17/h4-5,7,11-12,15H,2-3,6,9-10H2,1H3. The van der Waals surface area contributed by atoms with Gasteiger partial charge >= 0.3 is 0 Å². The molecule has 2 atom stereocenters. The van der Waals surface area contributed by atoms with E-state index in [4.69, 9.17) is 0 Å². The van der Waals surface area contributed by atoms with E-state index in [1.165, 1.54) is 19.4 Å². The number of carbonyl (C=O) groups excluding carboxylic acids is 1. The lowest BCUT2D eigenvalue weighted by atomic mass is 10.0. The maximum Gasteiger partial charge on any atom is 0.150 e. The Morgan fingerprint density at radius 3 is 3.00 bits per heavy atom. The van der Waals surface area contributed by atoms with Crippen LogP contribution in [0.3, 0.4) is 0 Å². The minimum absolute atomic E-state index is 0.401.